The summed E-state index contributed by atoms with van der Waals surface area (Å²) in [5, 5.41) is 3.45. The molecule has 1 N–H and O–H groups in total. The van der Waals surface area contributed by atoms with Crippen LogP contribution in [0.5, 0.6) is 0 Å². The van der Waals surface area contributed by atoms with Crippen molar-refractivity contribution in [3.8, 4) is 0 Å². The fraction of sp³-hybridized carbons (Fsp3) is 0.600. The van der Waals surface area contributed by atoms with Crippen LogP contribution in [0.1, 0.15) is 33.1 Å². The highest BCUT2D eigenvalue weighted by Gasteiger charge is 2.13. The summed E-state index contributed by atoms with van der Waals surface area (Å²) in [5.74, 6) is 1.98. The predicted octanol–water partition coefficient (Wildman–Crippen LogP) is 4.96. The number of benzene rings is 1. The SMILES string of the molecule is CCC(CC)CC(CSc1ccccc1Br)NC. The van der Waals surface area contributed by atoms with Crippen molar-refractivity contribution >= 4 is 27.7 Å². The minimum Gasteiger partial charge on any atom is -0.316 e. The van der Waals surface area contributed by atoms with Gasteiger partial charge < -0.3 is 5.32 Å². The lowest BCUT2D eigenvalue weighted by molar-refractivity contribution is 0.397. The first-order valence-electron chi connectivity index (χ1n) is 6.75. The predicted molar refractivity (Wildman–Crippen MR) is 86.4 cm³/mol. The third kappa shape index (κ3) is 5.33. The molecule has 0 aliphatic rings. The highest BCUT2D eigenvalue weighted by molar-refractivity contribution is 9.10. The summed E-state index contributed by atoms with van der Waals surface area (Å²) in [7, 11) is 2.08. The number of rotatable bonds is 8. The standard InChI is InChI=1S/C15H24BrNS/c1-4-12(5-2)10-13(17-3)11-18-15-9-7-6-8-14(15)16/h6-9,12-13,17H,4-5,10-11H2,1-3H3. The molecule has 0 saturated heterocycles. The third-order valence-electron chi connectivity index (χ3n) is 3.46. The lowest BCUT2D eigenvalue weighted by Gasteiger charge is -2.21. The van der Waals surface area contributed by atoms with Crippen LogP contribution < -0.4 is 5.32 Å². The van der Waals surface area contributed by atoms with E-state index in [1.54, 1.807) is 0 Å². The van der Waals surface area contributed by atoms with Gasteiger partial charge in [-0.3, -0.25) is 0 Å². The zero-order valence-electron chi connectivity index (χ0n) is 11.6. The molecule has 0 aliphatic carbocycles. The monoisotopic (exact) mass is 329 g/mol. The molecule has 0 spiro atoms. The van der Waals surface area contributed by atoms with Gasteiger partial charge in [0, 0.05) is 21.2 Å². The van der Waals surface area contributed by atoms with Crippen LogP contribution in [-0.4, -0.2) is 18.8 Å². The molecule has 0 radical (unpaired) electrons. The van der Waals surface area contributed by atoms with E-state index in [2.05, 4.69) is 66.4 Å². The van der Waals surface area contributed by atoms with Crippen molar-refractivity contribution in [3.63, 3.8) is 0 Å². The van der Waals surface area contributed by atoms with Crippen molar-refractivity contribution in [1.82, 2.24) is 5.32 Å². The summed E-state index contributed by atoms with van der Waals surface area (Å²) >= 11 is 5.54. The number of hydrogen-bond donors (Lipinski definition) is 1. The van der Waals surface area contributed by atoms with Gasteiger partial charge in [-0.05, 0) is 47.4 Å². The number of hydrogen-bond acceptors (Lipinski definition) is 2. The Bertz CT molecular complexity index is 339. The minimum absolute atomic E-state index is 0.604. The van der Waals surface area contributed by atoms with E-state index in [9.17, 15) is 0 Å². The molecule has 0 aliphatic heterocycles. The van der Waals surface area contributed by atoms with Crippen LogP contribution in [0.4, 0.5) is 0 Å². The Hall–Kier alpha value is 0.01000. The van der Waals surface area contributed by atoms with Crippen molar-refractivity contribution in [3.05, 3.63) is 28.7 Å². The first-order valence-corrected chi connectivity index (χ1v) is 8.53. The van der Waals surface area contributed by atoms with Gasteiger partial charge in [0.1, 0.15) is 0 Å². The quantitative estimate of drug-likeness (QED) is 0.677. The normalized spacial score (nSPS) is 12.9. The first kappa shape index (κ1) is 16.1. The second kappa shape index (κ2) is 9.00. The van der Waals surface area contributed by atoms with Gasteiger partial charge in [0.25, 0.3) is 0 Å². The Kier molecular flexibility index (Phi) is 8.03. The van der Waals surface area contributed by atoms with E-state index in [0.29, 0.717) is 6.04 Å². The number of halogens is 1. The molecular formula is C15H24BrNS. The molecule has 3 heteroatoms. The number of nitrogens with one attached hydrogen (secondary N) is 1. The maximum atomic E-state index is 3.61. The first-order chi connectivity index (χ1) is 8.71. The average molecular weight is 330 g/mol. The van der Waals surface area contributed by atoms with Crippen LogP contribution >= 0.6 is 27.7 Å². The van der Waals surface area contributed by atoms with E-state index in [-0.39, 0.29) is 0 Å². The van der Waals surface area contributed by atoms with Crippen molar-refractivity contribution in [2.45, 2.75) is 44.0 Å². The fourth-order valence-electron chi connectivity index (χ4n) is 2.05. The Labute approximate surface area is 124 Å². The summed E-state index contributed by atoms with van der Waals surface area (Å²) in [5.41, 5.74) is 0. The fourth-order valence-corrected chi connectivity index (χ4v) is 3.74. The second-order valence-electron chi connectivity index (χ2n) is 4.65. The Balaban J connectivity index is 2.47. The molecule has 1 unspecified atom stereocenters. The molecule has 0 amide bonds. The van der Waals surface area contributed by atoms with Crippen LogP contribution in [0, 0.1) is 5.92 Å². The average Bonchev–Trinajstić information content (AvgIpc) is 2.41. The largest absolute Gasteiger partial charge is 0.316 e. The zero-order chi connectivity index (χ0) is 13.4. The highest BCUT2D eigenvalue weighted by Crippen LogP contribution is 2.28. The molecule has 102 valence electrons. The van der Waals surface area contributed by atoms with Crippen LogP contribution in [-0.2, 0) is 0 Å². The maximum absolute atomic E-state index is 3.61. The van der Waals surface area contributed by atoms with Gasteiger partial charge in [-0.15, -0.1) is 11.8 Å². The van der Waals surface area contributed by atoms with Crippen LogP contribution in [0.25, 0.3) is 0 Å². The Morgan fingerprint density at radius 1 is 1.22 bits per heavy atom. The van der Waals surface area contributed by atoms with Gasteiger partial charge in [0.05, 0.1) is 0 Å². The summed E-state index contributed by atoms with van der Waals surface area (Å²) in [6.45, 7) is 4.59. The van der Waals surface area contributed by atoms with Gasteiger partial charge in [-0.2, -0.15) is 0 Å². The van der Waals surface area contributed by atoms with Crippen LogP contribution in [0.2, 0.25) is 0 Å². The Morgan fingerprint density at radius 3 is 2.44 bits per heavy atom. The van der Waals surface area contributed by atoms with Gasteiger partial charge in [-0.25, -0.2) is 0 Å². The molecule has 0 bridgehead atoms. The van der Waals surface area contributed by atoms with Crippen LogP contribution in [0.15, 0.2) is 33.6 Å². The molecule has 18 heavy (non-hydrogen) atoms. The topological polar surface area (TPSA) is 12.0 Å². The molecule has 0 aromatic heterocycles. The van der Waals surface area contributed by atoms with E-state index >= 15 is 0 Å². The van der Waals surface area contributed by atoms with Crippen molar-refractivity contribution in [2.75, 3.05) is 12.8 Å². The second-order valence-corrected chi connectivity index (χ2v) is 6.56. The van der Waals surface area contributed by atoms with E-state index in [0.717, 1.165) is 11.7 Å². The van der Waals surface area contributed by atoms with Gasteiger partial charge in [-0.1, -0.05) is 38.8 Å². The zero-order valence-corrected chi connectivity index (χ0v) is 14.0. The summed E-state index contributed by atoms with van der Waals surface area (Å²) in [4.78, 5) is 1.34. The van der Waals surface area contributed by atoms with Crippen molar-refractivity contribution in [2.24, 2.45) is 5.92 Å². The molecule has 1 rings (SSSR count). The summed E-state index contributed by atoms with van der Waals surface area (Å²) < 4.78 is 1.20. The molecular weight excluding hydrogens is 306 g/mol. The number of thioether (sulfide) groups is 1. The molecule has 0 saturated carbocycles. The lowest BCUT2D eigenvalue weighted by Crippen LogP contribution is -2.30. The van der Waals surface area contributed by atoms with Crippen LogP contribution in [0.3, 0.4) is 0 Å². The van der Waals surface area contributed by atoms with E-state index < -0.39 is 0 Å². The summed E-state index contributed by atoms with van der Waals surface area (Å²) in [6, 6.07) is 9.05. The van der Waals surface area contributed by atoms with Gasteiger partial charge in [0.2, 0.25) is 0 Å². The summed E-state index contributed by atoms with van der Waals surface area (Å²) in [6.07, 6.45) is 3.85. The molecule has 1 aromatic carbocycles. The van der Waals surface area contributed by atoms with E-state index in [1.165, 1.54) is 28.6 Å². The molecule has 1 atom stereocenters. The van der Waals surface area contributed by atoms with Crippen molar-refractivity contribution < 1.29 is 0 Å². The third-order valence-corrected chi connectivity index (χ3v) is 5.65. The smallest absolute Gasteiger partial charge is 0.0311 e. The highest BCUT2D eigenvalue weighted by atomic mass is 79.9. The van der Waals surface area contributed by atoms with Gasteiger partial charge in [0.15, 0.2) is 0 Å². The van der Waals surface area contributed by atoms with Gasteiger partial charge >= 0.3 is 0 Å². The Morgan fingerprint density at radius 2 is 1.89 bits per heavy atom. The molecule has 0 fully saturated rings. The van der Waals surface area contributed by atoms with Crippen molar-refractivity contribution in [1.29, 1.82) is 0 Å². The molecule has 1 nitrogen and oxygen atoms in total. The van der Waals surface area contributed by atoms with E-state index in [1.807, 2.05) is 11.8 Å². The maximum Gasteiger partial charge on any atom is 0.0311 e. The molecule has 0 heterocycles. The molecule has 1 aromatic rings. The van der Waals surface area contributed by atoms with E-state index in [4.69, 9.17) is 0 Å². The minimum atomic E-state index is 0.604. The lowest BCUT2D eigenvalue weighted by atomic mass is 9.95.